The number of carbonyl (C=O) groups excluding carboxylic acids is 1. The lowest BCUT2D eigenvalue weighted by atomic mass is 10.0. The van der Waals surface area contributed by atoms with Gasteiger partial charge in [-0.05, 0) is 23.6 Å². The molecule has 22 heavy (non-hydrogen) atoms. The number of nitrogens with one attached hydrogen (secondary N) is 1. The summed E-state index contributed by atoms with van der Waals surface area (Å²) in [5, 5.41) is 12.1. The average Bonchev–Trinajstić information content (AvgIpc) is 3.10. The van der Waals surface area contributed by atoms with E-state index >= 15 is 0 Å². The molecule has 0 unspecified atom stereocenters. The highest BCUT2D eigenvalue weighted by molar-refractivity contribution is 8.02. The van der Waals surface area contributed by atoms with Crippen LogP contribution in [0, 0.1) is 0 Å². The maximum absolute atomic E-state index is 11.5. The Labute approximate surface area is 137 Å². The number of aromatic nitrogens is 2. The van der Waals surface area contributed by atoms with Crippen molar-refractivity contribution in [1.82, 2.24) is 10.2 Å². The molecule has 3 rings (SSSR count). The number of esters is 1. The van der Waals surface area contributed by atoms with Crippen LogP contribution in [-0.4, -0.2) is 28.0 Å². The second-order valence-corrected chi connectivity index (χ2v) is 7.76. The van der Waals surface area contributed by atoms with Gasteiger partial charge in [0.1, 0.15) is 5.25 Å². The first-order chi connectivity index (χ1) is 10.6. The lowest BCUT2D eigenvalue weighted by Crippen LogP contribution is -2.08. The number of nitrogens with zero attached hydrogens (tertiary/aromatic N) is 2. The third-order valence-electron chi connectivity index (χ3n) is 3.37. The van der Waals surface area contributed by atoms with Crippen LogP contribution in [0.4, 0.5) is 10.8 Å². The van der Waals surface area contributed by atoms with Crippen molar-refractivity contribution in [2.24, 2.45) is 0 Å². The molecule has 1 aromatic heterocycles. The molecule has 0 amide bonds. The van der Waals surface area contributed by atoms with Crippen molar-refractivity contribution in [3.8, 4) is 0 Å². The second-order valence-electron chi connectivity index (χ2n) is 5.34. The number of hydrogen-bond donors (Lipinski definition) is 1. The van der Waals surface area contributed by atoms with Crippen LogP contribution < -0.4 is 5.32 Å². The third-order valence-corrected chi connectivity index (χ3v) is 5.53. The minimum absolute atomic E-state index is 0.147. The number of anilines is 2. The minimum Gasteiger partial charge on any atom is -0.465 e. The van der Waals surface area contributed by atoms with Crippen molar-refractivity contribution in [3.63, 3.8) is 0 Å². The first-order valence-electron chi connectivity index (χ1n) is 7.15. The molecule has 1 fully saturated rings. The maximum atomic E-state index is 11.5. The lowest BCUT2D eigenvalue weighted by molar-refractivity contribution is -0.137. The summed E-state index contributed by atoms with van der Waals surface area (Å²) in [4.78, 5) is 11.5. The number of hydrogen-bond acceptors (Lipinski definition) is 7. The first kappa shape index (κ1) is 15.3. The summed E-state index contributed by atoms with van der Waals surface area (Å²) in [6.07, 6.45) is 0.739. The molecule has 0 aliphatic carbocycles. The van der Waals surface area contributed by atoms with Gasteiger partial charge in [-0.25, -0.2) is 0 Å². The van der Waals surface area contributed by atoms with Gasteiger partial charge in [-0.15, -0.1) is 10.2 Å². The van der Waals surface area contributed by atoms with Crippen LogP contribution in [0.3, 0.4) is 0 Å². The summed E-state index contributed by atoms with van der Waals surface area (Å²) in [6.45, 7) is 4.85. The van der Waals surface area contributed by atoms with Crippen molar-refractivity contribution in [2.75, 3.05) is 11.9 Å². The van der Waals surface area contributed by atoms with Gasteiger partial charge in [0.2, 0.25) is 5.13 Å². The predicted octanol–water partition coefficient (Wildman–Crippen LogP) is 3.81. The molecule has 1 N–H and O–H groups in total. The fourth-order valence-electron chi connectivity index (χ4n) is 2.09. The van der Waals surface area contributed by atoms with Gasteiger partial charge in [-0.3, -0.25) is 4.79 Å². The SMILES string of the molecule is CC(C)c1ccc(Nc2nnc(S[C@H]3CCOC3=O)s2)cc1. The van der Waals surface area contributed by atoms with Crippen molar-refractivity contribution in [2.45, 2.75) is 35.8 Å². The molecule has 2 heterocycles. The van der Waals surface area contributed by atoms with Gasteiger partial charge in [0, 0.05) is 12.1 Å². The topological polar surface area (TPSA) is 64.1 Å². The Hall–Kier alpha value is -1.60. The standard InChI is InChI=1S/C15H17N3O2S2/c1-9(2)10-3-5-11(6-4-10)16-14-17-18-15(22-14)21-12-7-8-20-13(12)19/h3-6,9,12H,7-8H2,1-2H3,(H,16,17)/t12-/m0/s1. The van der Waals surface area contributed by atoms with Crippen LogP contribution >= 0.6 is 23.1 Å². The summed E-state index contributed by atoms with van der Waals surface area (Å²) in [6, 6.07) is 8.30. The zero-order valence-electron chi connectivity index (χ0n) is 12.4. The Bertz CT molecular complexity index is 655. The van der Waals surface area contributed by atoms with Crippen LogP contribution in [-0.2, 0) is 9.53 Å². The molecule has 5 nitrogen and oxygen atoms in total. The first-order valence-corrected chi connectivity index (χ1v) is 8.85. The smallest absolute Gasteiger partial charge is 0.319 e. The van der Waals surface area contributed by atoms with E-state index in [0.29, 0.717) is 12.5 Å². The molecule has 0 bridgehead atoms. The van der Waals surface area contributed by atoms with Crippen LogP contribution in [0.15, 0.2) is 28.6 Å². The molecular formula is C15H17N3O2S2. The zero-order valence-corrected chi connectivity index (χ0v) is 14.0. The molecule has 0 radical (unpaired) electrons. The van der Waals surface area contributed by atoms with Gasteiger partial charge in [0.25, 0.3) is 0 Å². The van der Waals surface area contributed by atoms with Gasteiger partial charge in [-0.2, -0.15) is 0 Å². The van der Waals surface area contributed by atoms with Gasteiger partial charge in [0.05, 0.1) is 6.61 Å². The van der Waals surface area contributed by atoms with E-state index in [9.17, 15) is 4.79 Å². The third kappa shape index (κ3) is 3.59. The fraction of sp³-hybridized carbons (Fsp3) is 0.400. The Morgan fingerprint density at radius 2 is 2.09 bits per heavy atom. The van der Waals surface area contributed by atoms with Crippen LogP contribution in [0.2, 0.25) is 0 Å². The predicted molar refractivity (Wildman–Crippen MR) is 88.9 cm³/mol. The van der Waals surface area contributed by atoms with Crippen molar-refractivity contribution >= 4 is 39.9 Å². The number of ether oxygens (including phenoxy) is 1. The van der Waals surface area contributed by atoms with Crippen LogP contribution in [0.1, 0.15) is 31.7 Å². The van der Waals surface area contributed by atoms with E-state index in [2.05, 4.69) is 41.5 Å². The normalized spacial score (nSPS) is 17.8. The zero-order chi connectivity index (χ0) is 15.5. The number of carbonyl (C=O) groups is 1. The van der Waals surface area contributed by atoms with E-state index in [-0.39, 0.29) is 11.2 Å². The molecule has 0 saturated carbocycles. The number of cyclic esters (lactones) is 1. The van der Waals surface area contributed by atoms with Crippen molar-refractivity contribution in [1.29, 1.82) is 0 Å². The van der Waals surface area contributed by atoms with Crippen LogP contribution in [0.25, 0.3) is 0 Å². The molecule has 1 atom stereocenters. The summed E-state index contributed by atoms with van der Waals surface area (Å²) in [7, 11) is 0. The van der Waals surface area contributed by atoms with Gasteiger partial charge in [0.15, 0.2) is 4.34 Å². The summed E-state index contributed by atoms with van der Waals surface area (Å²) in [5.41, 5.74) is 2.29. The summed E-state index contributed by atoms with van der Waals surface area (Å²) >= 11 is 2.88. The van der Waals surface area contributed by atoms with E-state index in [4.69, 9.17) is 4.74 Å². The van der Waals surface area contributed by atoms with E-state index in [0.717, 1.165) is 21.6 Å². The highest BCUT2D eigenvalue weighted by atomic mass is 32.2. The number of thioether (sulfide) groups is 1. The minimum atomic E-state index is -0.154. The molecule has 1 aromatic carbocycles. The Balaban J connectivity index is 1.62. The quantitative estimate of drug-likeness (QED) is 0.838. The Kier molecular flexibility index (Phi) is 4.63. The number of rotatable bonds is 5. The maximum Gasteiger partial charge on any atom is 0.319 e. The fourth-order valence-corrected chi connectivity index (χ4v) is 4.07. The van der Waals surface area contributed by atoms with Gasteiger partial charge in [-0.1, -0.05) is 49.1 Å². The van der Waals surface area contributed by atoms with Crippen molar-refractivity contribution in [3.05, 3.63) is 29.8 Å². The number of benzene rings is 1. The molecular weight excluding hydrogens is 318 g/mol. The second kappa shape index (κ2) is 6.66. The Morgan fingerprint density at radius 3 is 2.73 bits per heavy atom. The molecule has 1 aliphatic rings. The van der Waals surface area contributed by atoms with Gasteiger partial charge >= 0.3 is 5.97 Å². The Morgan fingerprint density at radius 1 is 1.32 bits per heavy atom. The molecule has 0 spiro atoms. The highest BCUT2D eigenvalue weighted by Gasteiger charge is 2.28. The van der Waals surface area contributed by atoms with E-state index in [1.165, 1.54) is 28.7 Å². The largest absolute Gasteiger partial charge is 0.465 e. The molecule has 1 saturated heterocycles. The lowest BCUT2D eigenvalue weighted by Gasteiger charge is -2.06. The summed E-state index contributed by atoms with van der Waals surface area (Å²) < 4.78 is 5.73. The van der Waals surface area contributed by atoms with Crippen LogP contribution in [0.5, 0.6) is 0 Å². The van der Waals surface area contributed by atoms with E-state index < -0.39 is 0 Å². The monoisotopic (exact) mass is 335 g/mol. The van der Waals surface area contributed by atoms with Gasteiger partial charge < -0.3 is 10.1 Å². The molecule has 1 aliphatic heterocycles. The highest BCUT2D eigenvalue weighted by Crippen LogP contribution is 2.34. The molecule has 116 valence electrons. The van der Waals surface area contributed by atoms with E-state index in [1.54, 1.807) is 0 Å². The average molecular weight is 335 g/mol. The molecule has 2 aromatic rings. The van der Waals surface area contributed by atoms with Crippen molar-refractivity contribution < 1.29 is 9.53 Å². The molecule has 7 heteroatoms. The summed E-state index contributed by atoms with van der Waals surface area (Å²) in [5.74, 6) is 0.365. The van der Waals surface area contributed by atoms with E-state index in [1.807, 2.05) is 12.1 Å².